The van der Waals surface area contributed by atoms with E-state index in [1.165, 1.54) is 38.3 Å². The maximum absolute atomic E-state index is 14.0. The first kappa shape index (κ1) is 22.3. The summed E-state index contributed by atoms with van der Waals surface area (Å²) in [6, 6.07) is 9.73. The summed E-state index contributed by atoms with van der Waals surface area (Å²) in [5.74, 6) is -0.535. The Bertz CT molecular complexity index is 1030. The number of anilines is 1. The van der Waals surface area contributed by atoms with Crippen LogP contribution in [-0.4, -0.2) is 58.6 Å². The second-order valence-corrected chi connectivity index (χ2v) is 9.02. The van der Waals surface area contributed by atoms with E-state index in [0.29, 0.717) is 31.9 Å². The number of hydrogen-bond donors (Lipinski definition) is 1. The van der Waals surface area contributed by atoms with Gasteiger partial charge in [-0.1, -0.05) is 23.7 Å². The zero-order valence-electron chi connectivity index (χ0n) is 16.6. The Kier molecular flexibility index (Phi) is 6.84. The quantitative estimate of drug-likeness (QED) is 0.724. The van der Waals surface area contributed by atoms with E-state index in [-0.39, 0.29) is 27.4 Å². The van der Waals surface area contributed by atoms with Gasteiger partial charge >= 0.3 is 0 Å². The summed E-state index contributed by atoms with van der Waals surface area (Å²) in [6.45, 7) is 3.11. The summed E-state index contributed by atoms with van der Waals surface area (Å²) in [7, 11) is -2.68. The van der Waals surface area contributed by atoms with Crippen LogP contribution >= 0.6 is 11.6 Å². The largest absolute Gasteiger partial charge is 0.495 e. The first-order valence-electron chi connectivity index (χ1n) is 9.37. The van der Waals surface area contributed by atoms with Gasteiger partial charge in [0.25, 0.3) is 0 Å². The first-order valence-corrected chi connectivity index (χ1v) is 11.2. The van der Waals surface area contributed by atoms with Crippen LogP contribution in [0.1, 0.15) is 6.92 Å². The average Bonchev–Trinajstić information content (AvgIpc) is 2.73. The second kappa shape index (κ2) is 9.20. The van der Waals surface area contributed by atoms with Crippen LogP contribution in [0, 0.1) is 5.82 Å². The number of benzene rings is 2. The summed E-state index contributed by atoms with van der Waals surface area (Å²) < 4.78 is 47.0. The number of rotatable bonds is 6. The van der Waals surface area contributed by atoms with Crippen LogP contribution in [0.15, 0.2) is 47.4 Å². The lowest BCUT2D eigenvalue weighted by atomic mass is 10.2. The molecule has 0 aromatic heterocycles. The molecule has 7 nitrogen and oxygen atoms in total. The van der Waals surface area contributed by atoms with Crippen molar-refractivity contribution in [1.82, 2.24) is 9.62 Å². The number of nitrogens with zero attached hydrogens (tertiary/aromatic N) is 2. The van der Waals surface area contributed by atoms with Crippen molar-refractivity contribution in [3.8, 4) is 5.75 Å². The first-order chi connectivity index (χ1) is 14.2. The predicted molar refractivity (Wildman–Crippen MR) is 113 cm³/mol. The van der Waals surface area contributed by atoms with Gasteiger partial charge in [-0.15, -0.1) is 0 Å². The molecule has 1 atom stereocenters. The summed E-state index contributed by atoms with van der Waals surface area (Å²) in [4.78, 5) is 16.1. The third-order valence-corrected chi connectivity index (χ3v) is 6.70. The minimum atomic E-state index is -4.03. The van der Waals surface area contributed by atoms with Crippen molar-refractivity contribution in [3.05, 3.63) is 53.3 Å². The number of para-hydroxylation sites is 1. The topological polar surface area (TPSA) is 78.9 Å². The number of sulfonamides is 1. The minimum absolute atomic E-state index is 0.130. The Morgan fingerprint density at radius 1 is 1.17 bits per heavy atom. The van der Waals surface area contributed by atoms with E-state index in [9.17, 15) is 17.6 Å². The van der Waals surface area contributed by atoms with E-state index >= 15 is 0 Å². The lowest BCUT2D eigenvalue weighted by Crippen LogP contribution is -2.54. The molecule has 1 fully saturated rings. The molecule has 0 bridgehead atoms. The van der Waals surface area contributed by atoms with E-state index in [2.05, 4.69) is 4.72 Å². The van der Waals surface area contributed by atoms with Gasteiger partial charge in [0.1, 0.15) is 16.5 Å². The molecule has 1 aliphatic rings. The number of carbonyl (C=O) groups is 1. The maximum atomic E-state index is 14.0. The van der Waals surface area contributed by atoms with Gasteiger partial charge in [0.15, 0.2) is 0 Å². The zero-order chi connectivity index (χ0) is 21.9. The Labute approximate surface area is 180 Å². The van der Waals surface area contributed by atoms with Gasteiger partial charge in [0.05, 0.1) is 18.8 Å². The fourth-order valence-corrected chi connectivity index (χ4v) is 4.99. The number of methoxy groups -OCH3 is 1. The highest BCUT2D eigenvalue weighted by Crippen LogP contribution is 2.27. The molecule has 10 heteroatoms. The Morgan fingerprint density at radius 3 is 2.47 bits per heavy atom. The summed E-state index contributed by atoms with van der Waals surface area (Å²) in [5.41, 5.74) is 0.492. The number of carbonyl (C=O) groups excluding carboxylic acids is 1. The molecule has 0 spiro atoms. The normalized spacial score (nSPS) is 15.7. The number of amides is 1. The molecule has 0 unspecified atom stereocenters. The average molecular weight is 456 g/mol. The zero-order valence-corrected chi connectivity index (χ0v) is 18.2. The van der Waals surface area contributed by atoms with Crippen molar-refractivity contribution in [2.24, 2.45) is 0 Å². The van der Waals surface area contributed by atoms with Gasteiger partial charge in [-0.25, -0.2) is 12.8 Å². The Balaban J connectivity index is 1.65. The summed E-state index contributed by atoms with van der Waals surface area (Å²) in [6.07, 6.45) is 0. The van der Waals surface area contributed by atoms with Gasteiger partial charge < -0.3 is 14.5 Å². The van der Waals surface area contributed by atoms with Gasteiger partial charge in [0.2, 0.25) is 15.9 Å². The fraction of sp³-hybridized carbons (Fsp3) is 0.350. The highest BCUT2D eigenvalue weighted by Gasteiger charge is 2.30. The molecule has 2 aromatic rings. The van der Waals surface area contributed by atoms with Crippen LogP contribution in [0.4, 0.5) is 10.1 Å². The molecule has 1 heterocycles. The van der Waals surface area contributed by atoms with Crippen molar-refractivity contribution in [1.29, 1.82) is 0 Å². The highest BCUT2D eigenvalue weighted by atomic mass is 35.5. The standard InChI is InChI=1S/C20H23ClFN3O4S/c1-14(23-30(27,28)19-13-15(21)7-8-18(19)29-2)20(26)25-11-9-24(10-12-25)17-6-4-3-5-16(17)22/h3-8,13-14,23H,9-12H2,1-2H3/t14-/m1/s1. The third-order valence-electron chi connectivity index (χ3n) is 4.90. The van der Waals surface area contributed by atoms with Crippen molar-refractivity contribution >= 4 is 33.2 Å². The van der Waals surface area contributed by atoms with Gasteiger partial charge in [-0.05, 0) is 37.3 Å². The smallest absolute Gasteiger partial charge is 0.245 e. The lowest BCUT2D eigenvalue weighted by molar-refractivity contribution is -0.132. The maximum Gasteiger partial charge on any atom is 0.245 e. The van der Waals surface area contributed by atoms with E-state index < -0.39 is 16.1 Å². The monoisotopic (exact) mass is 455 g/mol. The Morgan fingerprint density at radius 2 is 1.83 bits per heavy atom. The molecule has 1 amide bonds. The molecule has 1 aliphatic heterocycles. The molecule has 2 aromatic carbocycles. The molecule has 0 aliphatic carbocycles. The van der Waals surface area contributed by atoms with Crippen LogP contribution < -0.4 is 14.4 Å². The van der Waals surface area contributed by atoms with E-state index in [1.807, 2.05) is 4.90 Å². The number of ether oxygens (including phenoxy) is 1. The van der Waals surface area contributed by atoms with Gasteiger partial charge in [-0.3, -0.25) is 4.79 Å². The van der Waals surface area contributed by atoms with Gasteiger partial charge in [-0.2, -0.15) is 4.72 Å². The summed E-state index contributed by atoms with van der Waals surface area (Å²) >= 11 is 5.92. The molecule has 0 saturated carbocycles. The van der Waals surface area contributed by atoms with Crippen LogP contribution in [0.25, 0.3) is 0 Å². The molecule has 1 N–H and O–H groups in total. The predicted octanol–water partition coefficient (Wildman–Crippen LogP) is 2.50. The van der Waals surface area contributed by atoms with Crippen molar-refractivity contribution in [2.45, 2.75) is 17.9 Å². The van der Waals surface area contributed by atoms with Crippen LogP contribution in [0.2, 0.25) is 5.02 Å². The van der Waals surface area contributed by atoms with Crippen molar-refractivity contribution in [2.75, 3.05) is 38.2 Å². The molecule has 3 rings (SSSR count). The molecular formula is C20H23ClFN3O4S. The van der Waals surface area contributed by atoms with Crippen LogP contribution in [-0.2, 0) is 14.8 Å². The number of piperazine rings is 1. The second-order valence-electron chi connectivity index (χ2n) is 6.90. The molecule has 1 saturated heterocycles. The minimum Gasteiger partial charge on any atom is -0.495 e. The number of nitrogens with one attached hydrogen (secondary N) is 1. The number of halogens is 2. The van der Waals surface area contributed by atoms with E-state index in [1.54, 1.807) is 23.1 Å². The van der Waals surface area contributed by atoms with Crippen molar-refractivity contribution < 1.29 is 22.3 Å². The highest BCUT2D eigenvalue weighted by molar-refractivity contribution is 7.89. The third kappa shape index (κ3) is 4.85. The molecule has 0 radical (unpaired) electrons. The van der Waals surface area contributed by atoms with Crippen LogP contribution in [0.5, 0.6) is 5.75 Å². The molecule has 162 valence electrons. The SMILES string of the molecule is COc1ccc(Cl)cc1S(=O)(=O)N[C@H](C)C(=O)N1CCN(c2ccccc2F)CC1. The molecule has 30 heavy (non-hydrogen) atoms. The van der Waals surface area contributed by atoms with E-state index in [0.717, 1.165) is 0 Å². The Hall–Kier alpha value is -2.36. The van der Waals surface area contributed by atoms with Crippen LogP contribution in [0.3, 0.4) is 0 Å². The summed E-state index contributed by atoms with van der Waals surface area (Å²) in [5, 5.41) is 0.236. The van der Waals surface area contributed by atoms with E-state index in [4.69, 9.17) is 16.3 Å². The number of hydrogen-bond acceptors (Lipinski definition) is 5. The van der Waals surface area contributed by atoms with Crippen molar-refractivity contribution in [3.63, 3.8) is 0 Å². The lowest BCUT2D eigenvalue weighted by Gasteiger charge is -2.37. The van der Waals surface area contributed by atoms with Gasteiger partial charge in [0, 0.05) is 31.2 Å². The fourth-order valence-electron chi connectivity index (χ4n) is 3.36. The molecular weight excluding hydrogens is 433 g/mol.